The topological polar surface area (TPSA) is 69.6 Å². The zero-order valence-corrected chi connectivity index (χ0v) is 18.4. The maximum absolute atomic E-state index is 11.6. The SMILES string of the molecule is CCC=CCC=CCC=CCC=CCC=CCC=CCC(=O)NC(CS)C(O)O. The minimum absolute atomic E-state index is 0.174. The molecule has 0 rings (SSSR count). The predicted octanol–water partition coefficient (Wildman–Crippen LogP) is 4.80. The van der Waals surface area contributed by atoms with Crippen molar-refractivity contribution in [3.63, 3.8) is 0 Å². The molecule has 0 saturated carbocycles. The summed E-state index contributed by atoms with van der Waals surface area (Å²) in [5.41, 5.74) is 0. The molecule has 0 aliphatic heterocycles. The normalized spacial score (nSPS) is 14.1. The third-order valence-corrected chi connectivity index (χ3v) is 4.20. The van der Waals surface area contributed by atoms with Crippen LogP contribution in [0.5, 0.6) is 0 Å². The van der Waals surface area contributed by atoms with E-state index in [-0.39, 0.29) is 18.1 Å². The van der Waals surface area contributed by atoms with Crippen LogP contribution >= 0.6 is 12.6 Å². The van der Waals surface area contributed by atoms with Crippen molar-refractivity contribution in [2.24, 2.45) is 0 Å². The maximum atomic E-state index is 11.6. The number of thiol groups is 1. The van der Waals surface area contributed by atoms with E-state index in [0.29, 0.717) is 0 Å². The molecule has 0 aliphatic carbocycles. The van der Waals surface area contributed by atoms with Crippen LogP contribution in [-0.4, -0.2) is 34.2 Å². The van der Waals surface area contributed by atoms with Gasteiger partial charge in [0.1, 0.15) is 0 Å². The van der Waals surface area contributed by atoms with Gasteiger partial charge >= 0.3 is 0 Å². The van der Waals surface area contributed by atoms with E-state index in [1.165, 1.54) is 0 Å². The van der Waals surface area contributed by atoms with Crippen molar-refractivity contribution in [2.75, 3.05) is 5.75 Å². The van der Waals surface area contributed by atoms with E-state index in [1.807, 2.05) is 6.08 Å². The quantitative estimate of drug-likeness (QED) is 0.165. The van der Waals surface area contributed by atoms with E-state index in [1.54, 1.807) is 6.08 Å². The van der Waals surface area contributed by atoms with Crippen molar-refractivity contribution in [3.05, 3.63) is 72.9 Å². The average Bonchev–Trinajstić information content (AvgIpc) is 2.70. The van der Waals surface area contributed by atoms with Gasteiger partial charge in [-0.3, -0.25) is 4.79 Å². The van der Waals surface area contributed by atoms with Gasteiger partial charge in [0.2, 0.25) is 5.91 Å². The highest BCUT2D eigenvalue weighted by Crippen LogP contribution is 1.98. The van der Waals surface area contributed by atoms with Crippen molar-refractivity contribution in [3.8, 4) is 0 Å². The smallest absolute Gasteiger partial charge is 0.224 e. The van der Waals surface area contributed by atoms with Gasteiger partial charge in [0.25, 0.3) is 0 Å². The molecule has 0 aromatic heterocycles. The van der Waals surface area contributed by atoms with Crippen LogP contribution in [0.4, 0.5) is 0 Å². The second-order valence-electron chi connectivity index (χ2n) is 6.39. The molecule has 1 atom stereocenters. The molecule has 0 aliphatic rings. The third kappa shape index (κ3) is 19.3. The molecule has 0 heterocycles. The molecule has 4 nitrogen and oxygen atoms in total. The number of amides is 1. The van der Waals surface area contributed by atoms with Gasteiger partial charge in [-0.2, -0.15) is 12.6 Å². The Labute approximate surface area is 181 Å². The van der Waals surface area contributed by atoms with Gasteiger partial charge < -0.3 is 15.5 Å². The van der Waals surface area contributed by atoms with E-state index >= 15 is 0 Å². The maximum Gasteiger partial charge on any atom is 0.224 e. The van der Waals surface area contributed by atoms with Gasteiger partial charge in [0, 0.05) is 12.2 Å². The van der Waals surface area contributed by atoms with E-state index in [2.05, 4.69) is 85.6 Å². The molecule has 0 spiro atoms. The Morgan fingerprint density at radius 3 is 1.48 bits per heavy atom. The summed E-state index contributed by atoms with van der Waals surface area (Å²) in [5.74, 6) is -0.0788. The molecule has 3 N–H and O–H groups in total. The third-order valence-electron chi connectivity index (χ3n) is 3.80. The number of nitrogens with one attached hydrogen (secondary N) is 1. The fourth-order valence-corrected chi connectivity index (χ4v) is 2.47. The molecule has 0 aromatic carbocycles. The van der Waals surface area contributed by atoms with E-state index in [9.17, 15) is 4.79 Å². The number of carbonyl (C=O) groups excluding carboxylic acids is 1. The van der Waals surface area contributed by atoms with Crippen molar-refractivity contribution < 1.29 is 15.0 Å². The molecule has 1 unspecified atom stereocenters. The molecule has 0 radical (unpaired) electrons. The number of allylic oxidation sites excluding steroid dienone is 11. The minimum Gasteiger partial charge on any atom is -0.366 e. The van der Waals surface area contributed by atoms with Gasteiger partial charge in [-0.25, -0.2) is 0 Å². The highest BCUT2D eigenvalue weighted by molar-refractivity contribution is 7.80. The Kier molecular flexibility index (Phi) is 19.6. The lowest BCUT2D eigenvalue weighted by molar-refractivity contribution is -0.125. The first-order valence-corrected chi connectivity index (χ1v) is 10.9. The lowest BCUT2D eigenvalue weighted by Crippen LogP contribution is -2.44. The highest BCUT2D eigenvalue weighted by Gasteiger charge is 2.16. The van der Waals surface area contributed by atoms with E-state index in [4.69, 9.17) is 10.2 Å². The average molecular weight is 420 g/mol. The fraction of sp³-hybridized carbons (Fsp3) is 0.458. The fourth-order valence-electron chi connectivity index (χ4n) is 2.19. The van der Waals surface area contributed by atoms with Crippen molar-refractivity contribution in [1.29, 1.82) is 0 Å². The molecule has 29 heavy (non-hydrogen) atoms. The van der Waals surface area contributed by atoms with Gasteiger partial charge in [0.15, 0.2) is 6.29 Å². The summed E-state index contributed by atoms with van der Waals surface area (Å²) in [5, 5.41) is 20.6. The molecule has 1 amide bonds. The summed E-state index contributed by atoms with van der Waals surface area (Å²) in [4.78, 5) is 11.6. The summed E-state index contributed by atoms with van der Waals surface area (Å²) in [6, 6.07) is -0.745. The van der Waals surface area contributed by atoms with Crippen LogP contribution < -0.4 is 5.32 Å². The van der Waals surface area contributed by atoms with Crippen LogP contribution in [0.3, 0.4) is 0 Å². The number of carbonyl (C=O) groups is 1. The van der Waals surface area contributed by atoms with Crippen molar-refractivity contribution in [2.45, 2.75) is 64.2 Å². The van der Waals surface area contributed by atoms with Gasteiger partial charge in [-0.15, -0.1) is 0 Å². The molecule has 162 valence electrons. The van der Waals surface area contributed by atoms with Gasteiger partial charge in [0.05, 0.1) is 6.04 Å². The van der Waals surface area contributed by atoms with Crippen LogP contribution in [0.2, 0.25) is 0 Å². The summed E-state index contributed by atoms with van der Waals surface area (Å²) in [6.45, 7) is 2.14. The first-order chi connectivity index (χ1) is 14.1. The number of hydrogen-bond donors (Lipinski definition) is 4. The van der Waals surface area contributed by atoms with Crippen LogP contribution in [0.25, 0.3) is 0 Å². The number of rotatable bonds is 16. The second-order valence-corrected chi connectivity index (χ2v) is 6.75. The minimum atomic E-state index is -1.60. The summed E-state index contributed by atoms with van der Waals surface area (Å²) in [7, 11) is 0. The lowest BCUT2D eigenvalue weighted by atomic mass is 10.2. The first kappa shape index (κ1) is 27.2. The van der Waals surface area contributed by atoms with Crippen LogP contribution in [0.15, 0.2) is 72.9 Å². The standard InChI is InChI=1S/C24H37NO3S/c1-2-3-4-5-6-7-8-9-10-11-12-13-14-15-16-17-18-19-20-23(26)25-22(21-29)24(27)28/h3-4,6-7,9-10,12-13,15-16,18-19,22,24,27-29H,2,5,8,11,14,17,20-21H2,1H3,(H,25,26). The largest absolute Gasteiger partial charge is 0.366 e. The first-order valence-electron chi connectivity index (χ1n) is 10.3. The van der Waals surface area contributed by atoms with Crippen molar-refractivity contribution >= 4 is 18.5 Å². The Bertz CT molecular complexity index is 575. The number of hydrogen-bond acceptors (Lipinski definition) is 4. The Balaban J connectivity index is 3.72. The zero-order chi connectivity index (χ0) is 21.6. The van der Waals surface area contributed by atoms with E-state index in [0.717, 1.165) is 38.5 Å². The molecular weight excluding hydrogens is 382 g/mol. The summed E-state index contributed by atoms with van der Waals surface area (Å²) in [6.07, 6.45) is 29.5. The summed E-state index contributed by atoms with van der Waals surface area (Å²) < 4.78 is 0. The van der Waals surface area contributed by atoms with Crippen molar-refractivity contribution in [1.82, 2.24) is 5.32 Å². The lowest BCUT2D eigenvalue weighted by Gasteiger charge is -2.17. The predicted molar refractivity (Wildman–Crippen MR) is 127 cm³/mol. The molecular formula is C24H37NO3S. The number of aliphatic hydroxyl groups excluding tert-OH is 1. The second kappa shape index (κ2) is 20.9. The molecule has 5 heteroatoms. The molecule has 0 saturated heterocycles. The van der Waals surface area contributed by atoms with Crippen LogP contribution in [0, 0.1) is 0 Å². The van der Waals surface area contributed by atoms with Crippen LogP contribution in [0.1, 0.15) is 51.9 Å². The Hall–Kier alpha value is -1.82. The van der Waals surface area contributed by atoms with E-state index < -0.39 is 12.3 Å². The monoisotopic (exact) mass is 419 g/mol. The molecule has 0 aromatic rings. The number of aliphatic hydroxyl groups is 2. The molecule has 0 bridgehead atoms. The van der Waals surface area contributed by atoms with Gasteiger partial charge in [-0.1, -0.05) is 79.8 Å². The summed E-state index contributed by atoms with van der Waals surface area (Å²) >= 11 is 3.96. The Morgan fingerprint density at radius 1 is 0.759 bits per heavy atom. The zero-order valence-electron chi connectivity index (χ0n) is 17.5. The van der Waals surface area contributed by atoms with Crippen LogP contribution in [-0.2, 0) is 4.79 Å². The van der Waals surface area contributed by atoms with Gasteiger partial charge in [-0.05, 0) is 38.5 Å². The Morgan fingerprint density at radius 2 is 1.14 bits per heavy atom. The highest BCUT2D eigenvalue weighted by atomic mass is 32.1. The molecule has 0 fully saturated rings.